The van der Waals surface area contributed by atoms with E-state index >= 15 is 0 Å². The summed E-state index contributed by atoms with van der Waals surface area (Å²) in [6.45, 7) is 7.48. The summed E-state index contributed by atoms with van der Waals surface area (Å²) in [7, 11) is 0. The molecule has 4 heteroatoms. The normalized spacial score (nSPS) is 12.9. The van der Waals surface area contributed by atoms with Crippen LogP contribution in [0.5, 0.6) is 0 Å². The Morgan fingerprint density at radius 2 is 1.89 bits per heavy atom. The van der Waals surface area contributed by atoms with Crippen molar-refractivity contribution in [3.8, 4) is 0 Å². The fraction of sp³-hybridized carbons (Fsp3) is 0.500. The lowest BCUT2D eigenvalue weighted by molar-refractivity contribution is 0.0508. The maximum absolute atomic E-state index is 11.6. The van der Waals surface area contributed by atoms with Gasteiger partial charge in [-0.1, -0.05) is 12.1 Å². The topological polar surface area (TPSA) is 64.3 Å². The van der Waals surface area contributed by atoms with E-state index in [0.717, 1.165) is 17.7 Å². The molecule has 0 aliphatic heterocycles. The quantitative estimate of drug-likeness (QED) is 0.811. The van der Waals surface area contributed by atoms with Crippen LogP contribution in [0.25, 0.3) is 0 Å². The van der Waals surface area contributed by atoms with Crippen LogP contribution < -0.4 is 11.1 Å². The van der Waals surface area contributed by atoms with Gasteiger partial charge in [-0.15, -0.1) is 0 Å². The lowest BCUT2D eigenvalue weighted by Gasteiger charge is -2.22. The van der Waals surface area contributed by atoms with Gasteiger partial charge in [0, 0.05) is 11.7 Å². The number of hydrogen-bond donors (Lipinski definition) is 2. The van der Waals surface area contributed by atoms with Gasteiger partial charge in [0.1, 0.15) is 5.60 Å². The second-order valence-electron chi connectivity index (χ2n) is 5.49. The minimum Gasteiger partial charge on any atom is -0.444 e. The Kier molecular flexibility index (Phi) is 4.59. The van der Waals surface area contributed by atoms with Crippen LogP contribution in [0.4, 0.5) is 10.5 Å². The molecule has 1 rings (SSSR count). The molecule has 0 radical (unpaired) electrons. The van der Waals surface area contributed by atoms with Gasteiger partial charge < -0.3 is 15.8 Å². The Bertz CT molecular complexity index is 393. The molecule has 100 valence electrons. The van der Waals surface area contributed by atoms with E-state index in [0.29, 0.717) is 0 Å². The molecule has 1 aromatic carbocycles. The molecule has 18 heavy (non-hydrogen) atoms. The molecule has 0 fully saturated rings. The zero-order valence-corrected chi connectivity index (χ0v) is 11.5. The minimum absolute atomic E-state index is 0.0171. The fourth-order valence-corrected chi connectivity index (χ4v) is 1.57. The second kappa shape index (κ2) is 5.76. The Morgan fingerprint density at radius 1 is 1.33 bits per heavy atom. The number of benzene rings is 1. The molecule has 0 saturated carbocycles. The van der Waals surface area contributed by atoms with Crippen LogP contribution in [0.3, 0.4) is 0 Å². The standard InChI is InChI=1S/C14H22N2O2/c1-10(16-13(17)18-14(2,3)4)9-11-5-7-12(15)8-6-11/h5-8,10H,9,15H2,1-4H3,(H,16,17)/t10-/m1/s1. The molecule has 0 spiro atoms. The largest absolute Gasteiger partial charge is 0.444 e. The number of hydrogen-bond acceptors (Lipinski definition) is 3. The van der Waals surface area contributed by atoms with Gasteiger partial charge in [-0.2, -0.15) is 0 Å². The lowest BCUT2D eigenvalue weighted by Crippen LogP contribution is -2.38. The van der Waals surface area contributed by atoms with Crippen molar-refractivity contribution in [3.63, 3.8) is 0 Å². The number of nitrogens with two attached hydrogens (primary N) is 1. The first-order chi connectivity index (χ1) is 8.26. The summed E-state index contributed by atoms with van der Waals surface area (Å²) in [6.07, 6.45) is 0.366. The summed E-state index contributed by atoms with van der Waals surface area (Å²) in [5, 5.41) is 2.81. The number of rotatable bonds is 3. The van der Waals surface area contributed by atoms with E-state index in [4.69, 9.17) is 10.5 Å². The van der Waals surface area contributed by atoms with E-state index in [-0.39, 0.29) is 12.1 Å². The SMILES string of the molecule is C[C@H](Cc1ccc(N)cc1)NC(=O)OC(C)(C)C. The number of carbonyl (C=O) groups is 1. The van der Waals surface area contributed by atoms with Gasteiger partial charge in [-0.25, -0.2) is 4.79 Å². The highest BCUT2D eigenvalue weighted by Gasteiger charge is 2.17. The first-order valence-electron chi connectivity index (χ1n) is 6.10. The number of nitrogens with one attached hydrogen (secondary N) is 1. The van der Waals surface area contributed by atoms with Gasteiger partial charge in [0.05, 0.1) is 0 Å². The number of carbonyl (C=O) groups excluding carboxylic acids is 1. The highest BCUT2D eigenvalue weighted by Crippen LogP contribution is 2.09. The molecule has 4 nitrogen and oxygen atoms in total. The van der Waals surface area contributed by atoms with Crippen LogP contribution in [0, 0.1) is 0 Å². The number of ether oxygens (including phenoxy) is 1. The third-order valence-electron chi connectivity index (χ3n) is 2.28. The monoisotopic (exact) mass is 250 g/mol. The van der Waals surface area contributed by atoms with Crippen LogP contribution in [-0.2, 0) is 11.2 Å². The van der Waals surface area contributed by atoms with Crippen molar-refractivity contribution in [1.29, 1.82) is 0 Å². The smallest absolute Gasteiger partial charge is 0.407 e. The van der Waals surface area contributed by atoms with Gasteiger partial charge in [0.2, 0.25) is 0 Å². The molecule has 1 atom stereocenters. The van der Waals surface area contributed by atoms with Crippen molar-refractivity contribution in [2.45, 2.75) is 45.8 Å². The summed E-state index contributed by atoms with van der Waals surface area (Å²) in [4.78, 5) is 11.6. The Balaban J connectivity index is 2.44. The number of alkyl carbamates (subject to hydrolysis) is 1. The highest BCUT2D eigenvalue weighted by molar-refractivity contribution is 5.68. The van der Waals surface area contributed by atoms with E-state index in [1.54, 1.807) is 0 Å². The van der Waals surface area contributed by atoms with Crippen molar-refractivity contribution in [2.24, 2.45) is 0 Å². The molecule has 0 aromatic heterocycles. The van der Waals surface area contributed by atoms with Crippen molar-refractivity contribution >= 4 is 11.8 Å². The van der Waals surface area contributed by atoms with E-state index < -0.39 is 5.60 Å². The summed E-state index contributed by atoms with van der Waals surface area (Å²) < 4.78 is 5.20. The molecule has 0 unspecified atom stereocenters. The van der Waals surface area contributed by atoms with Crippen LogP contribution in [0.2, 0.25) is 0 Å². The predicted molar refractivity (Wildman–Crippen MR) is 73.4 cm³/mol. The van der Waals surface area contributed by atoms with Gasteiger partial charge in [0.15, 0.2) is 0 Å². The second-order valence-corrected chi connectivity index (χ2v) is 5.49. The average Bonchev–Trinajstić information content (AvgIpc) is 2.18. The van der Waals surface area contributed by atoms with Crippen molar-refractivity contribution < 1.29 is 9.53 Å². The van der Waals surface area contributed by atoms with Crippen molar-refractivity contribution in [1.82, 2.24) is 5.32 Å². The van der Waals surface area contributed by atoms with Gasteiger partial charge >= 0.3 is 6.09 Å². The number of anilines is 1. The first-order valence-corrected chi connectivity index (χ1v) is 6.10. The third kappa shape index (κ3) is 5.57. The molecular formula is C14H22N2O2. The molecule has 0 aliphatic carbocycles. The first kappa shape index (κ1) is 14.4. The molecule has 0 heterocycles. The third-order valence-corrected chi connectivity index (χ3v) is 2.28. The van der Waals surface area contributed by atoms with Gasteiger partial charge in [-0.3, -0.25) is 0 Å². The average molecular weight is 250 g/mol. The van der Waals surface area contributed by atoms with E-state index in [1.165, 1.54) is 0 Å². The maximum Gasteiger partial charge on any atom is 0.407 e. The molecule has 3 N–H and O–H groups in total. The summed E-state index contributed by atoms with van der Waals surface area (Å²) in [6, 6.07) is 7.65. The maximum atomic E-state index is 11.6. The highest BCUT2D eigenvalue weighted by atomic mass is 16.6. The van der Waals surface area contributed by atoms with E-state index in [9.17, 15) is 4.79 Å². The molecular weight excluding hydrogens is 228 g/mol. The predicted octanol–water partition coefficient (Wildman–Crippen LogP) is 2.72. The summed E-state index contributed by atoms with van der Waals surface area (Å²) >= 11 is 0. The minimum atomic E-state index is -0.467. The summed E-state index contributed by atoms with van der Waals surface area (Å²) in [5.41, 5.74) is 7.02. The van der Waals surface area contributed by atoms with Crippen LogP contribution in [-0.4, -0.2) is 17.7 Å². The zero-order valence-electron chi connectivity index (χ0n) is 11.5. The van der Waals surface area contributed by atoms with Crippen molar-refractivity contribution in [3.05, 3.63) is 29.8 Å². The number of amides is 1. The fourth-order valence-electron chi connectivity index (χ4n) is 1.57. The lowest BCUT2D eigenvalue weighted by atomic mass is 10.1. The van der Waals surface area contributed by atoms with E-state index in [2.05, 4.69) is 5.32 Å². The van der Waals surface area contributed by atoms with Gasteiger partial charge in [0.25, 0.3) is 0 Å². The van der Waals surface area contributed by atoms with Crippen LogP contribution in [0.15, 0.2) is 24.3 Å². The van der Waals surface area contributed by atoms with Gasteiger partial charge in [-0.05, 0) is 51.8 Å². The molecule has 1 aromatic rings. The van der Waals surface area contributed by atoms with Crippen LogP contribution in [0.1, 0.15) is 33.3 Å². The van der Waals surface area contributed by atoms with E-state index in [1.807, 2.05) is 52.0 Å². The zero-order chi connectivity index (χ0) is 13.8. The Labute approximate surface area is 109 Å². The molecule has 0 bridgehead atoms. The summed E-state index contributed by atoms with van der Waals surface area (Å²) in [5.74, 6) is 0. The molecule has 0 saturated heterocycles. The van der Waals surface area contributed by atoms with Crippen LogP contribution >= 0.6 is 0 Å². The molecule has 1 amide bonds. The molecule has 0 aliphatic rings. The Hall–Kier alpha value is -1.71. The Morgan fingerprint density at radius 3 is 2.39 bits per heavy atom. The number of nitrogen functional groups attached to an aromatic ring is 1. The van der Waals surface area contributed by atoms with Crippen molar-refractivity contribution in [2.75, 3.05) is 5.73 Å².